The van der Waals surface area contributed by atoms with Crippen LogP contribution in [0.5, 0.6) is 0 Å². The number of rotatable bonds is 6. The summed E-state index contributed by atoms with van der Waals surface area (Å²) < 4.78 is 28.1. The fourth-order valence-electron chi connectivity index (χ4n) is 4.03. The fraction of sp³-hybridized carbons (Fsp3) is 0.269. The number of anilines is 3. The molecule has 3 aromatic carbocycles. The normalized spacial score (nSPS) is 14.1. The number of carbonyl (C=O) groups excluding carboxylic acids is 1. The molecule has 0 bridgehead atoms. The Morgan fingerprint density at radius 2 is 1.52 bits per heavy atom. The van der Waals surface area contributed by atoms with Crippen LogP contribution in [0, 0.1) is 13.8 Å². The van der Waals surface area contributed by atoms with Crippen LogP contribution in [0.2, 0.25) is 0 Å². The number of hydrogen-bond acceptors (Lipinski definition) is 4. The van der Waals surface area contributed by atoms with E-state index in [4.69, 9.17) is 0 Å². The fourth-order valence-corrected chi connectivity index (χ4v) is 5.16. The molecule has 0 atom stereocenters. The molecule has 0 unspecified atom stereocenters. The highest BCUT2D eigenvalue weighted by atomic mass is 32.2. The van der Waals surface area contributed by atoms with E-state index in [1.54, 1.807) is 18.2 Å². The molecule has 172 valence electrons. The van der Waals surface area contributed by atoms with Gasteiger partial charge in [0.2, 0.25) is 0 Å². The summed E-state index contributed by atoms with van der Waals surface area (Å²) in [5.41, 5.74) is 4.70. The number of nitrogens with zero attached hydrogens (tertiary/aromatic N) is 1. The molecule has 4 rings (SSSR count). The smallest absolute Gasteiger partial charge is 0.261 e. The number of nitrogens with one attached hydrogen (secondary N) is 2. The molecule has 1 aliphatic rings. The van der Waals surface area contributed by atoms with E-state index in [1.807, 2.05) is 50.2 Å². The SMILES string of the molecule is Cc1ccc(NS(=O)(=O)c2ccc(NC(=O)c3ccc(N4CCCCC4)cc3)cc2)c(C)c1. The lowest BCUT2D eigenvalue weighted by Crippen LogP contribution is -2.29. The number of aryl methyl sites for hydroxylation is 2. The monoisotopic (exact) mass is 463 g/mol. The zero-order valence-corrected chi connectivity index (χ0v) is 19.8. The summed E-state index contributed by atoms with van der Waals surface area (Å²) >= 11 is 0. The number of amides is 1. The van der Waals surface area contributed by atoms with E-state index in [0.717, 1.165) is 29.9 Å². The van der Waals surface area contributed by atoms with Crippen molar-refractivity contribution in [2.24, 2.45) is 0 Å². The summed E-state index contributed by atoms with van der Waals surface area (Å²) in [6.07, 6.45) is 3.68. The zero-order valence-electron chi connectivity index (χ0n) is 19.0. The van der Waals surface area contributed by atoms with Crippen LogP contribution >= 0.6 is 0 Å². The average Bonchev–Trinajstić information content (AvgIpc) is 2.82. The minimum atomic E-state index is -3.73. The van der Waals surface area contributed by atoms with E-state index < -0.39 is 10.0 Å². The molecule has 3 aromatic rings. The summed E-state index contributed by atoms with van der Waals surface area (Å²) in [5.74, 6) is -0.232. The number of carbonyl (C=O) groups is 1. The molecule has 1 aliphatic heterocycles. The van der Waals surface area contributed by atoms with Gasteiger partial charge in [-0.25, -0.2) is 8.42 Å². The van der Waals surface area contributed by atoms with Crippen molar-refractivity contribution in [2.75, 3.05) is 28.0 Å². The summed E-state index contributed by atoms with van der Waals surface area (Å²) in [7, 11) is -3.73. The van der Waals surface area contributed by atoms with Crippen molar-refractivity contribution < 1.29 is 13.2 Å². The van der Waals surface area contributed by atoms with Gasteiger partial charge < -0.3 is 10.2 Å². The van der Waals surface area contributed by atoms with Gasteiger partial charge in [0.05, 0.1) is 10.6 Å². The molecule has 0 aromatic heterocycles. The first-order valence-electron chi connectivity index (χ1n) is 11.2. The van der Waals surface area contributed by atoms with Crippen LogP contribution < -0.4 is 14.9 Å². The van der Waals surface area contributed by atoms with Crippen molar-refractivity contribution in [1.29, 1.82) is 0 Å². The van der Waals surface area contributed by atoms with Crippen molar-refractivity contribution in [3.63, 3.8) is 0 Å². The number of hydrogen-bond donors (Lipinski definition) is 2. The Kier molecular flexibility index (Phi) is 6.70. The molecule has 0 spiro atoms. The minimum absolute atomic E-state index is 0.131. The van der Waals surface area contributed by atoms with Gasteiger partial charge in [0.1, 0.15) is 0 Å². The second-order valence-corrected chi connectivity index (χ2v) is 10.2. The largest absolute Gasteiger partial charge is 0.372 e. The zero-order chi connectivity index (χ0) is 23.4. The molecular formula is C26H29N3O3S. The van der Waals surface area contributed by atoms with Crippen LogP contribution in [0.3, 0.4) is 0 Å². The Hall–Kier alpha value is -3.32. The standard InChI is InChI=1S/C26H29N3O3S/c1-19-6-15-25(20(2)18-19)28-33(31,32)24-13-9-22(10-14-24)27-26(30)21-7-11-23(12-8-21)29-16-4-3-5-17-29/h6-15,18,28H,3-5,16-17H2,1-2H3,(H,27,30). The Bertz CT molecular complexity index is 1230. The lowest BCUT2D eigenvalue weighted by molar-refractivity contribution is 0.102. The van der Waals surface area contributed by atoms with Crippen molar-refractivity contribution in [3.8, 4) is 0 Å². The van der Waals surface area contributed by atoms with Crippen molar-refractivity contribution in [3.05, 3.63) is 83.4 Å². The molecule has 0 saturated carbocycles. The third-order valence-electron chi connectivity index (χ3n) is 5.90. The first-order valence-corrected chi connectivity index (χ1v) is 12.7. The highest BCUT2D eigenvalue weighted by Gasteiger charge is 2.16. The van der Waals surface area contributed by atoms with Gasteiger partial charge in [-0.3, -0.25) is 9.52 Å². The van der Waals surface area contributed by atoms with E-state index in [0.29, 0.717) is 16.9 Å². The lowest BCUT2D eigenvalue weighted by atomic mass is 10.1. The quantitative estimate of drug-likeness (QED) is 0.517. The minimum Gasteiger partial charge on any atom is -0.372 e. The number of sulfonamides is 1. The van der Waals surface area contributed by atoms with E-state index >= 15 is 0 Å². The molecule has 1 heterocycles. The Balaban J connectivity index is 1.41. The van der Waals surface area contributed by atoms with Crippen LogP contribution in [-0.2, 0) is 10.0 Å². The predicted octanol–water partition coefficient (Wildman–Crippen LogP) is 5.35. The third-order valence-corrected chi connectivity index (χ3v) is 7.28. The van der Waals surface area contributed by atoms with Crippen molar-refractivity contribution >= 4 is 33.0 Å². The predicted molar refractivity (Wildman–Crippen MR) is 134 cm³/mol. The van der Waals surface area contributed by atoms with E-state index in [9.17, 15) is 13.2 Å². The van der Waals surface area contributed by atoms with E-state index in [2.05, 4.69) is 14.9 Å². The number of benzene rings is 3. The first-order chi connectivity index (χ1) is 15.8. The molecule has 0 aliphatic carbocycles. The summed E-state index contributed by atoms with van der Waals surface area (Å²) in [4.78, 5) is 15.1. The van der Waals surface area contributed by atoms with Crippen LogP contribution in [0.4, 0.5) is 17.1 Å². The third kappa shape index (κ3) is 5.54. The van der Waals surface area contributed by atoms with E-state index in [1.165, 1.54) is 31.4 Å². The van der Waals surface area contributed by atoms with Gasteiger partial charge >= 0.3 is 0 Å². The molecule has 7 heteroatoms. The Morgan fingerprint density at radius 3 is 2.15 bits per heavy atom. The van der Waals surface area contributed by atoms with Gasteiger partial charge in [-0.1, -0.05) is 17.7 Å². The van der Waals surface area contributed by atoms with Gasteiger partial charge in [-0.05, 0) is 93.3 Å². The molecule has 1 amide bonds. The molecule has 0 radical (unpaired) electrons. The molecule has 33 heavy (non-hydrogen) atoms. The van der Waals surface area contributed by atoms with Gasteiger partial charge in [0, 0.05) is 30.0 Å². The summed E-state index contributed by atoms with van der Waals surface area (Å²) in [6, 6.07) is 19.3. The van der Waals surface area contributed by atoms with Crippen LogP contribution in [-0.4, -0.2) is 27.4 Å². The Labute approximate surface area is 195 Å². The molecule has 1 fully saturated rings. The average molecular weight is 464 g/mol. The van der Waals surface area contributed by atoms with Crippen LogP contribution in [0.15, 0.2) is 71.6 Å². The highest BCUT2D eigenvalue weighted by molar-refractivity contribution is 7.92. The van der Waals surface area contributed by atoms with Gasteiger partial charge in [0.15, 0.2) is 0 Å². The van der Waals surface area contributed by atoms with Gasteiger partial charge in [0.25, 0.3) is 15.9 Å². The van der Waals surface area contributed by atoms with Crippen LogP contribution in [0.1, 0.15) is 40.7 Å². The molecule has 6 nitrogen and oxygen atoms in total. The topological polar surface area (TPSA) is 78.5 Å². The van der Waals surface area contributed by atoms with Gasteiger partial charge in [-0.15, -0.1) is 0 Å². The van der Waals surface area contributed by atoms with E-state index in [-0.39, 0.29) is 10.8 Å². The van der Waals surface area contributed by atoms with Crippen molar-refractivity contribution in [1.82, 2.24) is 0 Å². The maximum atomic E-state index is 12.8. The summed E-state index contributed by atoms with van der Waals surface area (Å²) in [5, 5.41) is 2.83. The maximum Gasteiger partial charge on any atom is 0.261 e. The van der Waals surface area contributed by atoms with Gasteiger partial charge in [-0.2, -0.15) is 0 Å². The number of piperidine rings is 1. The molecule has 1 saturated heterocycles. The Morgan fingerprint density at radius 1 is 0.848 bits per heavy atom. The second kappa shape index (κ2) is 9.67. The van der Waals surface area contributed by atoms with Crippen molar-refractivity contribution in [2.45, 2.75) is 38.0 Å². The highest BCUT2D eigenvalue weighted by Crippen LogP contribution is 2.23. The maximum absolute atomic E-state index is 12.8. The second-order valence-electron chi connectivity index (χ2n) is 8.50. The molecule has 2 N–H and O–H groups in total. The van der Waals surface area contributed by atoms with Crippen LogP contribution in [0.25, 0.3) is 0 Å². The summed E-state index contributed by atoms with van der Waals surface area (Å²) in [6.45, 7) is 5.93. The molecular weight excluding hydrogens is 434 g/mol. The lowest BCUT2D eigenvalue weighted by Gasteiger charge is -2.28. The first kappa shape index (κ1) is 22.9.